The highest BCUT2D eigenvalue weighted by Crippen LogP contribution is 2.29. The molecule has 0 spiro atoms. The maximum Gasteiger partial charge on any atom is 0.327 e. The van der Waals surface area contributed by atoms with Gasteiger partial charge in [-0.2, -0.15) is 0 Å². The van der Waals surface area contributed by atoms with Gasteiger partial charge in [-0.1, -0.05) is 0 Å². The summed E-state index contributed by atoms with van der Waals surface area (Å²) in [7, 11) is 0. The minimum absolute atomic E-state index is 0.134. The van der Waals surface area contributed by atoms with E-state index in [1.807, 2.05) is 0 Å². The number of aliphatic carboxylic acids is 1. The third-order valence-electron chi connectivity index (χ3n) is 3.00. The molecule has 15 heavy (non-hydrogen) atoms. The zero-order chi connectivity index (χ0) is 11.2. The van der Waals surface area contributed by atoms with Crippen LogP contribution in [0.2, 0.25) is 0 Å². The van der Waals surface area contributed by atoms with Crippen molar-refractivity contribution >= 4 is 17.9 Å². The first kappa shape index (κ1) is 9.95. The summed E-state index contributed by atoms with van der Waals surface area (Å²) in [6.07, 6.45) is 1.01. The van der Waals surface area contributed by atoms with Gasteiger partial charge in [0.05, 0.1) is 6.04 Å². The molecule has 1 N–H and O–H groups in total. The van der Waals surface area contributed by atoms with Crippen molar-refractivity contribution in [2.45, 2.75) is 31.8 Å². The van der Waals surface area contributed by atoms with Crippen molar-refractivity contribution in [1.82, 2.24) is 9.80 Å². The van der Waals surface area contributed by atoms with E-state index in [-0.39, 0.29) is 11.9 Å². The van der Waals surface area contributed by atoms with E-state index < -0.39 is 18.0 Å². The molecule has 82 valence electrons. The van der Waals surface area contributed by atoms with Crippen LogP contribution in [0.5, 0.6) is 0 Å². The number of amides is 3. The average Bonchev–Trinajstić information content (AvgIpc) is 2.39. The molecule has 0 unspecified atom stereocenters. The summed E-state index contributed by atoms with van der Waals surface area (Å²) in [6.45, 7) is 1.69. The van der Waals surface area contributed by atoms with Crippen molar-refractivity contribution in [2.24, 2.45) is 0 Å². The third-order valence-corrected chi connectivity index (χ3v) is 3.00. The van der Waals surface area contributed by atoms with Crippen LogP contribution >= 0.6 is 0 Å². The Kier molecular flexibility index (Phi) is 2.13. The van der Waals surface area contributed by atoms with Gasteiger partial charge in [-0.05, 0) is 12.8 Å². The van der Waals surface area contributed by atoms with Crippen LogP contribution in [0.15, 0.2) is 0 Å². The van der Waals surface area contributed by atoms with E-state index in [0.717, 1.165) is 0 Å². The lowest BCUT2D eigenvalue weighted by atomic mass is 10.0. The van der Waals surface area contributed by atoms with Gasteiger partial charge in [-0.15, -0.1) is 0 Å². The van der Waals surface area contributed by atoms with E-state index >= 15 is 0 Å². The van der Waals surface area contributed by atoms with Crippen LogP contribution in [0.25, 0.3) is 0 Å². The number of urea groups is 1. The molecule has 6 heteroatoms. The number of carbonyl (C=O) groups excluding carboxylic acids is 2. The largest absolute Gasteiger partial charge is 0.480 e. The number of hydrogen-bond acceptors (Lipinski definition) is 3. The van der Waals surface area contributed by atoms with Crippen molar-refractivity contribution in [2.75, 3.05) is 6.54 Å². The highest BCUT2D eigenvalue weighted by molar-refractivity contribution is 5.97. The number of nitrogens with zero attached hydrogens (tertiary/aromatic N) is 2. The third kappa shape index (κ3) is 1.36. The maximum atomic E-state index is 11.7. The van der Waals surface area contributed by atoms with E-state index in [4.69, 9.17) is 5.11 Å². The lowest BCUT2D eigenvalue weighted by molar-refractivity contribution is -0.142. The van der Waals surface area contributed by atoms with Crippen LogP contribution in [0.1, 0.15) is 19.8 Å². The zero-order valence-electron chi connectivity index (χ0n) is 8.34. The molecule has 0 aliphatic carbocycles. The predicted octanol–water partition coefficient (Wildman–Crippen LogP) is -0.114. The Morgan fingerprint density at radius 2 is 2.07 bits per heavy atom. The average molecular weight is 212 g/mol. The number of fused-ring (bicyclic) bond motifs is 2. The standard InChI is InChI=1S/C9H12N2O4/c1-5(12)11-6-2-3-7(8(13)14)10(4-6)9(11)15/h6-7H,2-4H2,1H3,(H,13,14)/t6-,7+/m1/s1. The smallest absolute Gasteiger partial charge is 0.327 e. The van der Waals surface area contributed by atoms with Gasteiger partial charge in [0.25, 0.3) is 0 Å². The Hall–Kier alpha value is -1.59. The van der Waals surface area contributed by atoms with Gasteiger partial charge in [0, 0.05) is 13.5 Å². The number of piperidine rings is 1. The van der Waals surface area contributed by atoms with Gasteiger partial charge in [0.15, 0.2) is 0 Å². The van der Waals surface area contributed by atoms with Crippen LogP contribution in [0.3, 0.4) is 0 Å². The summed E-state index contributed by atoms with van der Waals surface area (Å²) >= 11 is 0. The van der Waals surface area contributed by atoms with Crippen molar-refractivity contribution in [3.63, 3.8) is 0 Å². The molecule has 2 heterocycles. The molecule has 2 aliphatic rings. The van der Waals surface area contributed by atoms with Gasteiger partial charge < -0.3 is 10.0 Å². The molecule has 2 saturated heterocycles. The van der Waals surface area contributed by atoms with Crippen molar-refractivity contribution in [1.29, 1.82) is 0 Å². The number of hydrogen-bond donors (Lipinski definition) is 1. The molecule has 0 aromatic rings. The maximum absolute atomic E-state index is 11.7. The van der Waals surface area contributed by atoms with Gasteiger partial charge in [-0.3, -0.25) is 9.69 Å². The second-order valence-electron chi connectivity index (χ2n) is 3.91. The van der Waals surface area contributed by atoms with E-state index in [1.54, 1.807) is 0 Å². The molecule has 0 saturated carbocycles. The molecule has 3 amide bonds. The van der Waals surface area contributed by atoms with E-state index in [9.17, 15) is 14.4 Å². The Morgan fingerprint density at radius 1 is 1.40 bits per heavy atom. The van der Waals surface area contributed by atoms with Gasteiger partial charge >= 0.3 is 12.0 Å². The van der Waals surface area contributed by atoms with Crippen LogP contribution in [-0.4, -0.2) is 51.4 Å². The molecular weight excluding hydrogens is 200 g/mol. The molecule has 2 fully saturated rings. The molecule has 2 atom stereocenters. The highest BCUT2D eigenvalue weighted by atomic mass is 16.4. The number of carboxylic acids is 1. The summed E-state index contributed by atoms with van der Waals surface area (Å²) in [4.78, 5) is 36.2. The molecule has 0 aromatic carbocycles. The fourth-order valence-corrected chi connectivity index (χ4v) is 2.32. The summed E-state index contributed by atoms with van der Waals surface area (Å²) in [5.41, 5.74) is 0. The monoisotopic (exact) mass is 212 g/mol. The second-order valence-corrected chi connectivity index (χ2v) is 3.91. The van der Waals surface area contributed by atoms with Crippen molar-refractivity contribution in [3.05, 3.63) is 0 Å². The predicted molar refractivity (Wildman–Crippen MR) is 49.1 cm³/mol. The minimum Gasteiger partial charge on any atom is -0.480 e. The summed E-state index contributed by atoms with van der Waals surface area (Å²) < 4.78 is 0. The molecule has 2 aliphatic heterocycles. The minimum atomic E-state index is -0.993. The van der Waals surface area contributed by atoms with Crippen LogP contribution in [-0.2, 0) is 9.59 Å². The quantitative estimate of drug-likeness (QED) is 0.657. The molecule has 0 aromatic heterocycles. The van der Waals surface area contributed by atoms with Crippen LogP contribution < -0.4 is 0 Å². The number of carbonyl (C=O) groups is 3. The van der Waals surface area contributed by atoms with Gasteiger partial charge in [-0.25, -0.2) is 9.59 Å². The lowest BCUT2D eigenvalue weighted by Gasteiger charge is -2.27. The highest BCUT2D eigenvalue weighted by Gasteiger charge is 2.48. The molecule has 2 rings (SSSR count). The van der Waals surface area contributed by atoms with Gasteiger partial charge in [0.2, 0.25) is 5.91 Å². The van der Waals surface area contributed by atoms with Crippen molar-refractivity contribution in [3.8, 4) is 0 Å². The first-order valence-corrected chi connectivity index (χ1v) is 4.85. The first-order valence-electron chi connectivity index (χ1n) is 4.85. The van der Waals surface area contributed by atoms with Gasteiger partial charge in [0.1, 0.15) is 6.04 Å². The molecule has 0 radical (unpaired) electrons. The summed E-state index contributed by atoms with van der Waals surface area (Å²) in [5.74, 6) is -1.30. The van der Waals surface area contributed by atoms with Crippen molar-refractivity contribution < 1.29 is 19.5 Å². The number of carboxylic acid groups (broad SMARTS) is 1. The molecule has 6 nitrogen and oxygen atoms in total. The van der Waals surface area contributed by atoms with E-state index in [1.165, 1.54) is 16.7 Å². The Labute approximate surface area is 86.4 Å². The Bertz CT molecular complexity index is 341. The topological polar surface area (TPSA) is 77.9 Å². The number of imide groups is 1. The zero-order valence-corrected chi connectivity index (χ0v) is 8.34. The van der Waals surface area contributed by atoms with Crippen LogP contribution in [0.4, 0.5) is 4.79 Å². The van der Waals surface area contributed by atoms with E-state index in [2.05, 4.69) is 0 Å². The fraction of sp³-hybridized carbons (Fsp3) is 0.667. The Balaban J connectivity index is 2.25. The van der Waals surface area contributed by atoms with E-state index in [0.29, 0.717) is 19.4 Å². The second kappa shape index (κ2) is 3.22. The fourth-order valence-electron chi connectivity index (χ4n) is 2.32. The van der Waals surface area contributed by atoms with Crippen LogP contribution in [0, 0.1) is 0 Å². The summed E-state index contributed by atoms with van der Waals surface area (Å²) in [6, 6.07) is -1.36. The first-order chi connectivity index (χ1) is 7.02. The lowest BCUT2D eigenvalue weighted by Crippen LogP contribution is -2.45. The Morgan fingerprint density at radius 3 is 2.60 bits per heavy atom. The normalized spacial score (nSPS) is 29.5. The molecule has 2 bridgehead atoms. The SMILES string of the molecule is CC(=O)N1C(=O)N2C[C@H]1CC[C@H]2C(=O)O. The summed E-state index contributed by atoms with van der Waals surface area (Å²) in [5, 5.41) is 8.90. The molecular formula is C9H12N2O4. The number of rotatable bonds is 1.